The molecule has 0 amide bonds. The first kappa shape index (κ1) is 25.9. The van der Waals surface area contributed by atoms with Crippen molar-refractivity contribution >= 4 is 43.3 Å². The van der Waals surface area contributed by atoms with Gasteiger partial charge in [-0.2, -0.15) is 13.7 Å². The molecule has 1 fully saturated rings. The highest BCUT2D eigenvalue weighted by Crippen LogP contribution is 2.38. The highest BCUT2D eigenvalue weighted by molar-refractivity contribution is 7.81. The molecule has 0 bridgehead atoms. The normalized spacial score (nSPS) is 13.9. The second-order valence-electron chi connectivity index (χ2n) is 9.80. The number of nitrogens with zero attached hydrogens (tertiary/aromatic N) is 2. The number of hydrogen-bond acceptors (Lipinski definition) is 7. The van der Waals surface area contributed by atoms with Crippen LogP contribution in [0.5, 0.6) is 11.5 Å². The van der Waals surface area contributed by atoms with Gasteiger partial charge >= 0.3 is 10.5 Å². The van der Waals surface area contributed by atoms with E-state index in [1.54, 1.807) is 36.4 Å². The number of aromatic amines is 1. The molecule has 1 saturated heterocycles. The first-order chi connectivity index (χ1) is 19.3. The van der Waals surface area contributed by atoms with E-state index in [2.05, 4.69) is 25.1 Å². The fourth-order valence-corrected chi connectivity index (χ4v) is 5.54. The number of H-pyrrole nitrogens is 1. The number of pyridine rings is 1. The van der Waals surface area contributed by atoms with Crippen LogP contribution in [0.1, 0.15) is 31.4 Å². The van der Waals surface area contributed by atoms with Gasteiger partial charge in [-0.1, -0.05) is 35.4 Å². The second kappa shape index (κ2) is 9.97. The summed E-state index contributed by atoms with van der Waals surface area (Å²) in [5.41, 5.74) is 3.47. The summed E-state index contributed by atoms with van der Waals surface area (Å²) >= 11 is 0. The summed E-state index contributed by atoms with van der Waals surface area (Å²) in [4.78, 5) is 17.4. The predicted octanol–water partition coefficient (Wildman–Crippen LogP) is 5.09. The third-order valence-electron chi connectivity index (χ3n) is 7.20. The molecule has 1 aliphatic heterocycles. The van der Waals surface area contributed by atoms with Gasteiger partial charge in [-0.05, 0) is 48.4 Å². The molecular formula is C29H25FN4O5S. The second-order valence-corrected chi connectivity index (χ2v) is 10.8. The number of hydrogen-bond donors (Lipinski definition) is 2. The molecule has 0 atom stereocenters. The molecule has 2 aromatic heterocycles. The third kappa shape index (κ3) is 4.55. The summed E-state index contributed by atoms with van der Waals surface area (Å²) in [5.74, 6) is 0.266. The van der Waals surface area contributed by atoms with Crippen LogP contribution in [0, 0.1) is 11.3 Å². The number of aromatic nitrogens is 2. The number of benzene rings is 3. The lowest BCUT2D eigenvalue weighted by Crippen LogP contribution is -2.44. The molecule has 0 spiro atoms. The fraction of sp³-hybridized carbons (Fsp3) is 0.241. The van der Waals surface area contributed by atoms with Gasteiger partial charge in [0.2, 0.25) is 0 Å². The molecule has 11 heteroatoms. The Bertz CT molecular complexity index is 2010. The maximum absolute atomic E-state index is 14.0. The first-order valence-electron chi connectivity index (χ1n) is 12.9. The maximum Gasteiger partial charge on any atom is 0.488 e. The van der Waals surface area contributed by atoms with Gasteiger partial charge in [0.05, 0.1) is 40.6 Å². The Hall–Kier alpha value is -4.40. The molecule has 0 saturated carbocycles. The van der Waals surface area contributed by atoms with Crippen molar-refractivity contribution in [2.45, 2.75) is 25.8 Å². The van der Waals surface area contributed by atoms with Gasteiger partial charge in [-0.15, -0.1) is 0 Å². The molecule has 1 aliphatic rings. The van der Waals surface area contributed by atoms with Gasteiger partial charge < -0.3 is 23.8 Å². The lowest BCUT2D eigenvalue weighted by Gasteiger charge is -2.32. The van der Waals surface area contributed by atoms with Gasteiger partial charge in [-0.3, -0.25) is 4.79 Å². The van der Waals surface area contributed by atoms with Crippen molar-refractivity contribution in [3.8, 4) is 28.7 Å². The van der Waals surface area contributed by atoms with E-state index in [-0.39, 0.29) is 17.2 Å². The summed E-state index contributed by atoms with van der Waals surface area (Å²) in [7, 11) is -5.21. The molecule has 3 aromatic carbocycles. The van der Waals surface area contributed by atoms with Crippen LogP contribution in [0.15, 0.2) is 59.4 Å². The van der Waals surface area contributed by atoms with Crippen LogP contribution < -0.4 is 19.7 Å². The Morgan fingerprint density at radius 1 is 1.12 bits per heavy atom. The van der Waals surface area contributed by atoms with E-state index in [0.29, 0.717) is 69.6 Å². The van der Waals surface area contributed by atoms with Crippen LogP contribution in [-0.4, -0.2) is 37.7 Å². The Morgan fingerprint density at radius 3 is 2.65 bits per heavy atom. The minimum Gasteiger partial charge on any atom is -0.493 e. The quantitative estimate of drug-likeness (QED) is 0.200. The highest BCUT2D eigenvalue weighted by Gasteiger charge is 2.26. The Labute approximate surface area is 229 Å². The van der Waals surface area contributed by atoms with Crippen LogP contribution in [0.2, 0.25) is 0 Å². The van der Waals surface area contributed by atoms with E-state index in [1.807, 2.05) is 13.0 Å². The molecular weight excluding hydrogens is 535 g/mol. The van der Waals surface area contributed by atoms with E-state index in [0.717, 1.165) is 18.2 Å². The van der Waals surface area contributed by atoms with Crippen LogP contribution in [0.25, 0.3) is 44.0 Å². The van der Waals surface area contributed by atoms with E-state index >= 15 is 0 Å². The zero-order valence-corrected chi connectivity index (χ0v) is 22.3. The summed E-state index contributed by atoms with van der Waals surface area (Å²) in [6.07, 6.45) is 1.70. The van der Waals surface area contributed by atoms with Crippen molar-refractivity contribution in [3.05, 3.63) is 70.4 Å². The SMILES string of the molecule is CCCCOc1cc2c(=O)c3c4ccc(C#N)cc4[nH]c3n(C3CNC3)c2cc1-c1cccc(OS(=O)(=O)F)c1. The van der Waals surface area contributed by atoms with Crippen molar-refractivity contribution in [2.75, 3.05) is 19.7 Å². The highest BCUT2D eigenvalue weighted by atomic mass is 32.3. The Morgan fingerprint density at radius 2 is 1.95 bits per heavy atom. The smallest absolute Gasteiger partial charge is 0.488 e. The molecule has 204 valence electrons. The minimum atomic E-state index is -5.21. The van der Waals surface area contributed by atoms with Crippen LogP contribution >= 0.6 is 0 Å². The zero-order chi connectivity index (χ0) is 28.0. The number of rotatable bonds is 8. The fourth-order valence-electron chi connectivity index (χ4n) is 5.21. The van der Waals surface area contributed by atoms with Crippen LogP contribution in [0.3, 0.4) is 0 Å². The molecule has 5 aromatic rings. The first-order valence-corrected chi connectivity index (χ1v) is 14.2. The van der Waals surface area contributed by atoms with Gasteiger partial charge in [0, 0.05) is 29.6 Å². The van der Waals surface area contributed by atoms with Gasteiger partial charge in [-0.25, -0.2) is 0 Å². The van der Waals surface area contributed by atoms with E-state index < -0.39 is 10.5 Å². The van der Waals surface area contributed by atoms with E-state index in [9.17, 15) is 22.4 Å². The molecule has 0 unspecified atom stereocenters. The average molecular weight is 561 g/mol. The molecule has 0 radical (unpaired) electrons. The summed E-state index contributed by atoms with van der Waals surface area (Å²) in [6, 6.07) is 17.1. The Kier molecular flexibility index (Phi) is 6.44. The standard InChI is InChI=1S/C29H25FN4O5S/c1-2-3-9-38-26-13-23-25(12-22(26)18-5-4-6-20(11-18)39-40(30,36)37)34(19-15-32-16-19)29-27(28(23)35)21-8-7-17(14-31)10-24(21)33-29/h4-8,10-13,19,32-33H,2-3,9,15-16H2,1H3. The van der Waals surface area contributed by atoms with E-state index in [4.69, 9.17) is 4.74 Å². The van der Waals surface area contributed by atoms with Crippen LogP contribution in [-0.2, 0) is 10.5 Å². The molecule has 0 aliphatic carbocycles. The van der Waals surface area contributed by atoms with Crippen molar-refractivity contribution in [1.82, 2.24) is 14.9 Å². The third-order valence-corrected chi connectivity index (χ3v) is 7.59. The number of fused-ring (bicyclic) bond motifs is 4. The van der Waals surface area contributed by atoms with Crippen molar-refractivity contribution in [2.24, 2.45) is 0 Å². The van der Waals surface area contributed by atoms with Crippen LogP contribution in [0.4, 0.5) is 3.89 Å². The number of nitrogens with one attached hydrogen (secondary N) is 2. The minimum absolute atomic E-state index is 0.0557. The number of unbranched alkanes of at least 4 members (excludes halogenated alkanes) is 1. The number of nitriles is 1. The summed E-state index contributed by atoms with van der Waals surface area (Å²) in [5, 5.41) is 14.4. The summed E-state index contributed by atoms with van der Waals surface area (Å²) in [6.45, 7) is 3.86. The molecule has 3 heterocycles. The van der Waals surface area contributed by atoms with Gasteiger partial charge in [0.1, 0.15) is 17.1 Å². The van der Waals surface area contributed by atoms with Gasteiger partial charge in [0.15, 0.2) is 5.43 Å². The van der Waals surface area contributed by atoms with E-state index in [1.165, 1.54) is 12.1 Å². The molecule has 2 N–H and O–H groups in total. The predicted molar refractivity (Wildman–Crippen MR) is 151 cm³/mol. The topological polar surface area (TPSA) is 126 Å². The summed E-state index contributed by atoms with van der Waals surface area (Å²) < 4.78 is 48.2. The molecule has 40 heavy (non-hydrogen) atoms. The van der Waals surface area contributed by atoms with Crippen molar-refractivity contribution in [1.29, 1.82) is 5.26 Å². The van der Waals surface area contributed by atoms with Gasteiger partial charge in [0.25, 0.3) is 0 Å². The monoisotopic (exact) mass is 560 g/mol. The number of halogens is 1. The molecule has 9 nitrogen and oxygen atoms in total. The van der Waals surface area contributed by atoms with Crippen molar-refractivity contribution in [3.63, 3.8) is 0 Å². The van der Waals surface area contributed by atoms with Crippen molar-refractivity contribution < 1.29 is 21.2 Å². The lowest BCUT2D eigenvalue weighted by molar-refractivity contribution is 0.311. The largest absolute Gasteiger partial charge is 0.493 e. The zero-order valence-electron chi connectivity index (χ0n) is 21.5. The number of ether oxygens (including phenoxy) is 1. The Balaban J connectivity index is 1.66. The lowest BCUT2D eigenvalue weighted by atomic mass is 9.99. The molecule has 6 rings (SSSR count). The maximum atomic E-state index is 14.0. The average Bonchev–Trinajstić information content (AvgIpc) is 3.27.